The van der Waals surface area contributed by atoms with Gasteiger partial charge >= 0.3 is 11.6 Å². The number of aryl methyl sites for hydroxylation is 1. The van der Waals surface area contributed by atoms with E-state index in [0.29, 0.717) is 27.1 Å². The monoisotopic (exact) mass is 378 g/mol. The molecule has 134 valence electrons. The van der Waals surface area contributed by atoms with E-state index < -0.39 is 11.6 Å². The molecule has 0 saturated carbocycles. The van der Waals surface area contributed by atoms with Crippen LogP contribution in [0.15, 0.2) is 69.9 Å². The summed E-state index contributed by atoms with van der Waals surface area (Å²) >= 11 is 6.20. The van der Waals surface area contributed by atoms with Crippen molar-refractivity contribution in [3.05, 3.63) is 92.8 Å². The van der Waals surface area contributed by atoms with Gasteiger partial charge in [-0.15, -0.1) is 0 Å². The fourth-order valence-corrected chi connectivity index (χ4v) is 3.26. The molecule has 3 aromatic carbocycles. The van der Waals surface area contributed by atoms with Gasteiger partial charge in [0.05, 0.1) is 5.56 Å². The van der Waals surface area contributed by atoms with E-state index >= 15 is 0 Å². The predicted octanol–water partition coefficient (Wildman–Crippen LogP) is 5.27. The van der Waals surface area contributed by atoms with E-state index in [1.54, 1.807) is 18.2 Å². The van der Waals surface area contributed by atoms with Crippen LogP contribution in [0.5, 0.6) is 0 Å². The van der Waals surface area contributed by atoms with Crippen LogP contribution in [0, 0.1) is 6.92 Å². The molecule has 0 saturated heterocycles. The second kappa shape index (κ2) is 6.89. The van der Waals surface area contributed by atoms with Crippen molar-refractivity contribution in [3.63, 3.8) is 0 Å². The highest BCUT2D eigenvalue weighted by molar-refractivity contribution is 6.32. The lowest BCUT2D eigenvalue weighted by molar-refractivity contribution is 0.0476. The van der Waals surface area contributed by atoms with Gasteiger partial charge in [-0.05, 0) is 41.5 Å². The molecule has 0 spiro atoms. The van der Waals surface area contributed by atoms with Gasteiger partial charge < -0.3 is 9.15 Å². The Morgan fingerprint density at radius 3 is 2.67 bits per heavy atom. The van der Waals surface area contributed by atoms with Crippen molar-refractivity contribution in [2.75, 3.05) is 0 Å². The SMILES string of the molecule is Cc1cc2oc(=O)cc(COC(=O)c3cccc4ccccc34)c2cc1Cl. The lowest BCUT2D eigenvalue weighted by Crippen LogP contribution is -2.08. The molecule has 4 aromatic rings. The number of benzene rings is 3. The Morgan fingerprint density at radius 1 is 1.04 bits per heavy atom. The van der Waals surface area contributed by atoms with Gasteiger partial charge in [-0.3, -0.25) is 0 Å². The Labute approximate surface area is 159 Å². The van der Waals surface area contributed by atoms with Crippen LogP contribution >= 0.6 is 11.6 Å². The topological polar surface area (TPSA) is 56.5 Å². The minimum atomic E-state index is -0.500. The number of carbonyl (C=O) groups is 1. The number of ether oxygens (including phenoxy) is 1. The summed E-state index contributed by atoms with van der Waals surface area (Å²) in [5, 5.41) is 2.98. The highest BCUT2D eigenvalue weighted by Gasteiger charge is 2.14. The third-order valence-corrected chi connectivity index (χ3v) is 4.88. The Kier molecular flexibility index (Phi) is 4.42. The van der Waals surface area contributed by atoms with Crippen molar-refractivity contribution in [2.45, 2.75) is 13.5 Å². The van der Waals surface area contributed by atoms with Crippen molar-refractivity contribution in [1.82, 2.24) is 0 Å². The van der Waals surface area contributed by atoms with E-state index in [0.717, 1.165) is 16.3 Å². The number of rotatable bonds is 3. The number of halogens is 1. The Balaban J connectivity index is 1.68. The lowest BCUT2D eigenvalue weighted by atomic mass is 10.0. The summed E-state index contributed by atoms with van der Waals surface area (Å²) in [6.07, 6.45) is 0. The predicted molar refractivity (Wildman–Crippen MR) is 105 cm³/mol. The fourth-order valence-electron chi connectivity index (χ4n) is 3.09. The van der Waals surface area contributed by atoms with Crippen LogP contribution in [0.2, 0.25) is 5.02 Å². The lowest BCUT2D eigenvalue weighted by Gasteiger charge is -2.10. The molecule has 4 rings (SSSR count). The van der Waals surface area contributed by atoms with Crippen molar-refractivity contribution in [1.29, 1.82) is 0 Å². The van der Waals surface area contributed by atoms with Crippen molar-refractivity contribution >= 4 is 39.3 Å². The first kappa shape index (κ1) is 17.3. The Bertz CT molecular complexity index is 1230. The average Bonchev–Trinajstić information content (AvgIpc) is 2.66. The molecule has 1 aromatic heterocycles. The maximum atomic E-state index is 12.6. The zero-order chi connectivity index (χ0) is 19.0. The third kappa shape index (κ3) is 3.32. The zero-order valence-electron chi connectivity index (χ0n) is 14.5. The van der Waals surface area contributed by atoms with Crippen molar-refractivity contribution in [2.24, 2.45) is 0 Å². The molecule has 0 unspecified atom stereocenters. The molecule has 5 heteroatoms. The maximum absolute atomic E-state index is 12.6. The Morgan fingerprint density at radius 2 is 1.81 bits per heavy atom. The van der Waals surface area contributed by atoms with Crippen LogP contribution in [0.3, 0.4) is 0 Å². The van der Waals surface area contributed by atoms with E-state index in [9.17, 15) is 9.59 Å². The van der Waals surface area contributed by atoms with E-state index in [1.165, 1.54) is 6.07 Å². The minimum absolute atomic E-state index is 0.0520. The Hall–Kier alpha value is -3.11. The quantitative estimate of drug-likeness (QED) is 0.360. The second-order valence-electron chi connectivity index (χ2n) is 6.29. The second-order valence-corrected chi connectivity index (χ2v) is 6.70. The van der Waals surface area contributed by atoms with Gasteiger partial charge in [-0.1, -0.05) is 48.0 Å². The molecule has 0 fully saturated rings. The number of fused-ring (bicyclic) bond motifs is 2. The van der Waals surface area contributed by atoms with E-state index in [-0.39, 0.29) is 6.61 Å². The average molecular weight is 379 g/mol. The van der Waals surface area contributed by atoms with Gasteiger partial charge in [0.25, 0.3) is 0 Å². The molecule has 0 atom stereocenters. The van der Waals surface area contributed by atoms with Gasteiger partial charge in [0.15, 0.2) is 0 Å². The van der Waals surface area contributed by atoms with Crippen LogP contribution in [-0.2, 0) is 11.3 Å². The van der Waals surface area contributed by atoms with E-state index in [4.69, 9.17) is 20.8 Å². The van der Waals surface area contributed by atoms with Crippen molar-refractivity contribution in [3.8, 4) is 0 Å². The van der Waals surface area contributed by atoms with E-state index in [1.807, 2.05) is 43.3 Å². The first-order valence-electron chi connectivity index (χ1n) is 8.41. The van der Waals surface area contributed by atoms with Gasteiger partial charge in [0, 0.05) is 22.0 Å². The number of esters is 1. The smallest absolute Gasteiger partial charge is 0.339 e. The summed E-state index contributed by atoms with van der Waals surface area (Å²) in [4.78, 5) is 24.5. The van der Waals surface area contributed by atoms with Gasteiger partial charge in [-0.2, -0.15) is 0 Å². The fraction of sp³-hybridized carbons (Fsp3) is 0.0909. The molecule has 0 radical (unpaired) electrons. The molecule has 0 N–H and O–H groups in total. The molecule has 1 heterocycles. The standard InChI is InChI=1S/C22H15ClO4/c1-13-9-20-18(11-19(13)23)15(10-21(24)27-20)12-26-22(25)17-8-4-6-14-5-2-3-7-16(14)17/h2-11H,12H2,1H3. The summed E-state index contributed by atoms with van der Waals surface area (Å²) < 4.78 is 10.7. The molecule has 27 heavy (non-hydrogen) atoms. The van der Waals surface area contributed by atoms with Gasteiger partial charge in [-0.25, -0.2) is 9.59 Å². The molecule has 0 amide bonds. The number of carbonyl (C=O) groups excluding carboxylic acids is 1. The first-order chi connectivity index (χ1) is 13.0. The summed E-state index contributed by atoms with van der Waals surface area (Å²) in [7, 11) is 0. The maximum Gasteiger partial charge on any atom is 0.339 e. The van der Waals surface area contributed by atoms with Gasteiger partial charge in [0.1, 0.15) is 12.2 Å². The van der Waals surface area contributed by atoms with Crippen LogP contribution in [0.25, 0.3) is 21.7 Å². The third-order valence-electron chi connectivity index (χ3n) is 4.48. The summed E-state index contributed by atoms with van der Waals surface area (Å²) in [5.41, 5.74) is 1.75. The van der Waals surface area contributed by atoms with Crippen LogP contribution in [0.4, 0.5) is 0 Å². The molecule has 0 bridgehead atoms. The molecular formula is C22H15ClO4. The largest absolute Gasteiger partial charge is 0.457 e. The summed E-state index contributed by atoms with van der Waals surface area (Å²) in [6.45, 7) is 1.78. The highest BCUT2D eigenvalue weighted by Crippen LogP contribution is 2.26. The molecule has 0 aliphatic rings. The van der Waals surface area contributed by atoms with E-state index in [2.05, 4.69) is 0 Å². The highest BCUT2D eigenvalue weighted by atomic mass is 35.5. The normalized spacial score (nSPS) is 11.0. The van der Waals surface area contributed by atoms with Crippen LogP contribution in [0.1, 0.15) is 21.5 Å². The molecular weight excluding hydrogens is 364 g/mol. The summed E-state index contributed by atoms with van der Waals surface area (Å²) in [6, 6.07) is 17.8. The number of hydrogen-bond donors (Lipinski definition) is 0. The molecule has 0 aliphatic carbocycles. The minimum Gasteiger partial charge on any atom is -0.457 e. The number of hydrogen-bond acceptors (Lipinski definition) is 4. The van der Waals surface area contributed by atoms with Crippen LogP contribution < -0.4 is 5.63 Å². The van der Waals surface area contributed by atoms with Gasteiger partial charge in [0.2, 0.25) is 0 Å². The molecule has 4 nitrogen and oxygen atoms in total. The summed E-state index contributed by atoms with van der Waals surface area (Å²) in [5.74, 6) is -0.452. The zero-order valence-corrected chi connectivity index (χ0v) is 15.2. The van der Waals surface area contributed by atoms with Crippen LogP contribution in [-0.4, -0.2) is 5.97 Å². The van der Waals surface area contributed by atoms with Crippen molar-refractivity contribution < 1.29 is 13.9 Å². The first-order valence-corrected chi connectivity index (χ1v) is 8.78. The molecule has 0 aliphatic heterocycles.